The Kier molecular flexibility index (Phi) is 6.67. The normalized spacial score (nSPS) is 15.8. The maximum absolute atomic E-state index is 5.32. The molecule has 2 N–H and O–H groups in total. The van der Waals surface area contributed by atoms with Crippen molar-refractivity contribution in [2.45, 2.75) is 58.7 Å². The minimum absolute atomic E-state index is 0.147. The number of likely N-dealkylation sites (tertiary alicyclic amines) is 1. The van der Waals surface area contributed by atoms with E-state index >= 15 is 0 Å². The highest BCUT2D eigenvalue weighted by Crippen LogP contribution is 2.19. The third kappa shape index (κ3) is 5.79. The Morgan fingerprint density at radius 1 is 1.07 bits per heavy atom. The zero-order valence-corrected chi connectivity index (χ0v) is 17.5. The molecule has 1 aliphatic heterocycles. The standard InChI is InChI=1S/C21H32N6O/c1-21(2,3)19-25-18(26-28-19)14-24-20(22-4)23-13-16-7-9-17(10-8-16)15-27-11-5-6-12-27/h7-10H,5-6,11-15H2,1-4H3,(H2,22,23,24). The molecule has 0 spiro atoms. The third-order valence-electron chi connectivity index (χ3n) is 4.84. The third-order valence-corrected chi connectivity index (χ3v) is 4.84. The van der Waals surface area contributed by atoms with Gasteiger partial charge >= 0.3 is 0 Å². The molecule has 28 heavy (non-hydrogen) atoms. The van der Waals surface area contributed by atoms with Gasteiger partial charge in [-0.15, -0.1) is 0 Å². The van der Waals surface area contributed by atoms with Crippen LogP contribution in [0.25, 0.3) is 0 Å². The van der Waals surface area contributed by atoms with Crippen LogP contribution in [0.3, 0.4) is 0 Å². The van der Waals surface area contributed by atoms with Crippen molar-refractivity contribution in [2.24, 2.45) is 4.99 Å². The van der Waals surface area contributed by atoms with Crippen LogP contribution >= 0.6 is 0 Å². The Balaban J connectivity index is 1.45. The summed E-state index contributed by atoms with van der Waals surface area (Å²) in [6, 6.07) is 8.80. The fourth-order valence-corrected chi connectivity index (χ4v) is 3.16. The van der Waals surface area contributed by atoms with Crippen LogP contribution in [0.1, 0.15) is 56.5 Å². The second-order valence-electron chi connectivity index (χ2n) is 8.34. The van der Waals surface area contributed by atoms with Gasteiger partial charge in [-0.25, -0.2) is 0 Å². The Hall–Kier alpha value is -2.41. The first kappa shape index (κ1) is 20.3. The van der Waals surface area contributed by atoms with Gasteiger partial charge in [0.25, 0.3) is 0 Å². The lowest BCUT2D eigenvalue weighted by molar-refractivity contribution is 0.318. The predicted molar refractivity (Wildman–Crippen MR) is 111 cm³/mol. The van der Waals surface area contributed by atoms with Crippen molar-refractivity contribution in [3.05, 3.63) is 47.1 Å². The van der Waals surface area contributed by atoms with Crippen molar-refractivity contribution in [1.82, 2.24) is 25.7 Å². The van der Waals surface area contributed by atoms with Crippen LogP contribution in [-0.4, -0.2) is 41.1 Å². The van der Waals surface area contributed by atoms with Crippen molar-refractivity contribution in [1.29, 1.82) is 0 Å². The van der Waals surface area contributed by atoms with Gasteiger partial charge in [0.05, 0.1) is 6.54 Å². The quantitative estimate of drug-likeness (QED) is 0.589. The van der Waals surface area contributed by atoms with Gasteiger partial charge in [0.15, 0.2) is 11.8 Å². The van der Waals surface area contributed by atoms with Crippen molar-refractivity contribution in [3.8, 4) is 0 Å². The van der Waals surface area contributed by atoms with Gasteiger partial charge in [-0.05, 0) is 37.1 Å². The fraction of sp³-hybridized carbons (Fsp3) is 0.571. The number of hydrogen-bond donors (Lipinski definition) is 2. The highest BCUT2D eigenvalue weighted by molar-refractivity contribution is 5.79. The summed E-state index contributed by atoms with van der Waals surface area (Å²) in [6.07, 6.45) is 2.66. The van der Waals surface area contributed by atoms with Gasteiger partial charge in [-0.1, -0.05) is 50.2 Å². The van der Waals surface area contributed by atoms with Gasteiger partial charge in [-0.3, -0.25) is 9.89 Å². The SMILES string of the molecule is CN=C(NCc1ccc(CN2CCCC2)cc1)NCc1noc(C(C)(C)C)n1. The highest BCUT2D eigenvalue weighted by Gasteiger charge is 2.21. The molecule has 1 fully saturated rings. The van der Waals surface area contributed by atoms with Gasteiger partial charge in [0.2, 0.25) is 5.89 Å². The topological polar surface area (TPSA) is 78.6 Å². The largest absolute Gasteiger partial charge is 0.352 e. The van der Waals surface area contributed by atoms with Crippen LogP contribution in [-0.2, 0) is 25.0 Å². The Labute approximate surface area is 167 Å². The molecule has 152 valence electrons. The van der Waals surface area contributed by atoms with E-state index in [1.165, 1.54) is 37.1 Å². The first-order valence-electron chi connectivity index (χ1n) is 10.0. The molecule has 7 heteroatoms. The van der Waals surface area contributed by atoms with E-state index in [9.17, 15) is 0 Å². The lowest BCUT2D eigenvalue weighted by Gasteiger charge is -2.15. The second-order valence-corrected chi connectivity index (χ2v) is 8.34. The van der Waals surface area contributed by atoms with E-state index in [0.29, 0.717) is 30.8 Å². The minimum Gasteiger partial charge on any atom is -0.352 e. The summed E-state index contributed by atoms with van der Waals surface area (Å²) >= 11 is 0. The van der Waals surface area contributed by atoms with Gasteiger partial charge in [0, 0.05) is 25.6 Å². The minimum atomic E-state index is -0.147. The first-order valence-corrected chi connectivity index (χ1v) is 10.0. The molecular formula is C21H32N6O. The van der Waals surface area contributed by atoms with Gasteiger partial charge < -0.3 is 15.2 Å². The lowest BCUT2D eigenvalue weighted by atomic mass is 9.97. The van der Waals surface area contributed by atoms with Crippen LogP contribution < -0.4 is 10.6 Å². The molecule has 2 aromatic rings. The van der Waals surface area contributed by atoms with Crippen LogP contribution in [0.5, 0.6) is 0 Å². The number of aliphatic imine (C=N–C) groups is 1. The molecular weight excluding hydrogens is 352 g/mol. The number of nitrogens with zero attached hydrogens (tertiary/aromatic N) is 4. The molecule has 1 saturated heterocycles. The highest BCUT2D eigenvalue weighted by atomic mass is 16.5. The summed E-state index contributed by atoms with van der Waals surface area (Å²) in [5.41, 5.74) is 2.45. The van der Waals surface area contributed by atoms with E-state index in [1.54, 1.807) is 7.05 Å². The first-order chi connectivity index (χ1) is 13.4. The summed E-state index contributed by atoms with van der Waals surface area (Å²) < 4.78 is 5.32. The number of guanidine groups is 1. The Bertz CT molecular complexity index is 769. The fourth-order valence-electron chi connectivity index (χ4n) is 3.16. The van der Waals surface area contributed by atoms with Crippen LogP contribution in [0.15, 0.2) is 33.8 Å². The Morgan fingerprint density at radius 2 is 1.71 bits per heavy atom. The van der Waals surface area contributed by atoms with Crippen LogP contribution in [0.4, 0.5) is 0 Å². The Morgan fingerprint density at radius 3 is 2.32 bits per heavy atom. The lowest BCUT2D eigenvalue weighted by Crippen LogP contribution is -2.36. The summed E-state index contributed by atoms with van der Waals surface area (Å²) in [5, 5.41) is 10.6. The van der Waals surface area contributed by atoms with E-state index in [2.05, 4.69) is 75.7 Å². The van der Waals surface area contributed by atoms with Crippen LogP contribution in [0.2, 0.25) is 0 Å². The molecule has 1 aromatic heterocycles. The number of nitrogens with one attached hydrogen (secondary N) is 2. The van der Waals surface area contributed by atoms with E-state index in [0.717, 1.165) is 6.54 Å². The molecule has 0 unspecified atom stereocenters. The van der Waals surface area contributed by atoms with Crippen molar-refractivity contribution in [2.75, 3.05) is 20.1 Å². The van der Waals surface area contributed by atoms with Crippen molar-refractivity contribution in [3.63, 3.8) is 0 Å². The molecule has 0 amide bonds. The smallest absolute Gasteiger partial charge is 0.232 e. The monoisotopic (exact) mass is 384 g/mol. The predicted octanol–water partition coefficient (Wildman–Crippen LogP) is 2.83. The van der Waals surface area contributed by atoms with Crippen molar-refractivity contribution >= 4 is 5.96 Å². The summed E-state index contributed by atoms with van der Waals surface area (Å²) in [5.74, 6) is 1.98. The summed E-state index contributed by atoms with van der Waals surface area (Å²) in [7, 11) is 1.76. The second kappa shape index (κ2) is 9.19. The molecule has 0 saturated carbocycles. The zero-order chi connectivity index (χ0) is 20.0. The summed E-state index contributed by atoms with van der Waals surface area (Å²) in [4.78, 5) is 11.2. The maximum Gasteiger partial charge on any atom is 0.232 e. The molecule has 7 nitrogen and oxygen atoms in total. The number of benzene rings is 1. The van der Waals surface area contributed by atoms with E-state index in [4.69, 9.17) is 4.52 Å². The number of rotatable bonds is 6. The molecule has 0 bridgehead atoms. The number of hydrogen-bond acceptors (Lipinski definition) is 5. The van der Waals surface area contributed by atoms with E-state index in [-0.39, 0.29) is 5.41 Å². The number of aromatic nitrogens is 2. The van der Waals surface area contributed by atoms with Crippen molar-refractivity contribution < 1.29 is 4.52 Å². The molecule has 1 aromatic carbocycles. The molecule has 0 aliphatic carbocycles. The molecule has 2 heterocycles. The average Bonchev–Trinajstić information content (AvgIpc) is 3.35. The average molecular weight is 385 g/mol. The molecule has 1 aliphatic rings. The van der Waals surface area contributed by atoms with Gasteiger partial charge in [-0.2, -0.15) is 4.98 Å². The molecule has 0 radical (unpaired) electrons. The van der Waals surface area contributed by atoms with Gasteiger partial charge in [0.1, 0.15) is 0 Å². The molecule has 0 atom stereocenters. The summed E-state index contributed by atoms with van der Waals surface area (Å²) in [6.45, 7) is 10.8. The van der Waals surface area contributed by atoms with Crippen LogP contribution in [0, 0.1) is 0 Å². The maximum atomic E-state index is 5.32. The molecule has 3 rings (SSSR count). The van der Waals surface area contributed by atoms with E-state index in [1.807, 2.05) is 0 Å². The zero-order valence-electron chi connectivity index (χ0n) is 17.5. The van der Waals surface area contributed by atoms with E-state index < -0.39 is 0 Å².